The Bertz CT molecular complexity index is 346. The minimum atomic E-state index is -0.575. The van der Waals surface area contributed by atoms with E-state index in [1.165, 1.54) is 19.2 Å². The first kappa shape index (κ1) is 10.6. The lowest BCUT2D eigenvalue weighted by atomic mass is 10.3. The summed E-state index contributed by atoms with van der Waals surface area (Å²) < 4.78 is 21.0. The number of hydrogen-bond acceptors (Lipinski definition) is 5. The Hall–Kier alpha value is -1.50. The zero-order chi connectivity index (χ0) is 10.6. The Morgan fingerprint density at radius 1 is 1.50 bits per heavy atom. The van der Waals surface area contributed by atoms with Crippen LogP contribution in [0.25, 0.3) is 0 Å². The molecule has 0 atom stereocenters. The quantitative estimate of drug-likeness (QED) is 0.442. The van der Waals surface area contributed by atoms with E-state index < -0.39 is 4.92 Å². The van der Waals surface area contributed by atoms with Crippen molar-refractivity contribution in [3.63, 3.8) is 0 Å². The van der Waals surface area contributed by atoms with E-state index in [0.29, 0.717) is 0 Å². The zero-order valence-corrected chi connectivity index (χ0v) is 7.91. The molecule has 7 heteroatoms. The van der Waals surface area contributed by atoms with Gasteiger partial charge in [0, 0.05) is 6.07 Å². The molecule has 0 N–H and O–H groups in total. The second-order valence-corrected chi connectivity index (χ2v) is 2.53. The molecule has 0 aromatic heterocycles. The van der Waals surface area contributed by atoms with Crippen molar-refractivity contribution in [1.29, 1.82) is 0 Å². The number of benzene rings is 1. The van der Waals surface area contributed by atoms with Gasteiger partial charge in [-0.15, -0.1) is 3.89 Å². The number of halogens is 1. The standard InChI is InChI=1S/C7H6FNO4S/c1-12-7-4-5(9(10)11)2-3-6(7)13-14-8/h2-4H,1H3. The summed E-state index contributed by atoms with van der Waals surface area (Å²) in [7, 11) is 1.31. The number of rotatable bonds is 4. The van der Waals surface area contributed by atoms with Gasteiger partial charge in [0.05, 0.1) is 18.1 Å². The first-order valence-corrected chi connectivity index (χ1v) is 4.11. The van der Waals surface area contributed by atoms with Crippen molar-refractivity contribution in [2.75, 3.05) is 7.11 Å². The maximum absolute atomic E-state index is 11.8. The van der Waals surface area contributed by atoms with E-state index in [-0.39, 0.29) is 29.6 Å². The van der Waals surface area contributed by atoms with Crippen LogP contribution in [0.15, 0.2) is 18.2 Å². The van der Waals surface area contributed by atoms with Crippen molar-refractivity contribution < 1.29 is 17.7 Å². The molecule has 0 saturated carbocycles. The van der Waals surface area contributed by atoms with Gasteiger partial charge >= 0.3 is 0 Å². The Balaban J connectivity index is 3.04. The maximum Gasteiger partial charge on any atom is 0.273 e. The highest BCUT2D eigenvalue weighted by molar-refractivity contribution is 7.89. The van der Waals surface area contributed by atoms with Crippen molar-refractivity contribution in [2.45, 2.75) is 0 Å². The van der Waals surface area contributed by atoms with Gasteiger partial charge in [-0.2, -0.15) is 0 Å². The Labute approximate surface area is 83.5 Å². The average molecular weight is 219 g/mol. The molecule has 0 unspecified atom stereocenters. The summed E-state index contributed by atoms with van der Waals surface area (Å²) in [6.45, 7) is 0. The average Bonchev–Trinajstić information content (AvgIpc) is 2.18. The van der Waals surface area contributed by atoms with E-state index in [0.717, 1.165) is 6.07 Å². The van der Waals surface area contributed by atoms with E-state index in [9.17, 15) is 14.0 Å². The molecule has 0 aliphatic heterocycles. The molecule has 0 fully saturated rings. The second kappa shape index (κ2) is 4.66. The van der Waals surface area contributed by atoms with Gasteiger partial charge in [0.15, 0.2) is 11.5 Å². The largest absolute Gasteiger partial charge is 0.493 e. The van der Waals surface area contributed by atoms with Gasteiger partial charge in [-0.3, -0.25) is 10.1 Å². The number of nitro benzene ring substituents is 1. The van der Waals surface area contributed by atoms with Crippen LogP contribution in [0, 0.1) is 10.1 Å². The van der Waals surface area contributed by atoms with Gasteiger partial charge in [-0.25, -0.2) is 0 Å². The minimum Gasteiger partial charge on any atom is -0.493 e. The minimum absolute atomic E-state index is 0.102. The van der Waals surface area contributed by atoms with Gasteiger partial charge < -0.3 is 8.92 Å². The SMILES string of the molecule is COc1cc([N+](=O)[O-])ccc1OSF. The Morgan fingerprint density at radius 3 is 2.71 bits per heavy atom. The molecule has 0 aliphatic carbocycles. The predicted octanol–water partition coefficient (Wildman–Crippen LogP) is 2.51. The molecule has 0 spiro atoms. The van der Waals surface area contributed by atoms with Crippen LogP contribution in [0.5, 0.6) is 11.5 Å². The van der Waals surface area contributed by atoms with Crippen LogP contribution in [0.3, 0.4) is 0 Å². The highest BCUT2D eigenvalue weighted by atomic mass is 32.2. The zero-order valence-electron chi connectivity index (χ0n) is 7.10. The van der Waals surface area contributed by atoms with E-state index >= 15 is 0 Å². The summed E-state index contributed by atoms with van der Waals surface area (Å²) in [5, 5.41) is 10.4. The number of hydrogen-bond donors (Lipinski definition) is 0. The molecule has 5 nitrogen and oxygen atoms in total. The highest BCUT2D eigenvalue weighted by Crippen LogP contribution is 2.33. The van der Waals surface area contributed by atoms with Crippen LogP contribution in [0.2, 0.25) is 0 Å². The molecule has 1 aromatic rings. The number of ether oxygens (including phenoxy) is 1. The number of methoxy groups -OCH3 is 1. The Kier molecular flexibility index (Phi) is 3.52. The highest BCUT2D eigenvalue weighted by Gasteiger charge is 2.12. The molecule has 76 valence electrons. The number of nitrogens with zero attached hydrogens (tertiary/aromatic N) is 1. The third kappa shape index (κ3) is 2.25. The third-order valence-corrected chi connectivity index (χ3v) is 1.72. The summed E-state index contributed by atoms with van der Waals surface area (Å²) in [4.78, 5) is 9.79. The molecular weight excluding hydrogens is 213 g/mol. The van der Waals surface area contributed by atoms with Crippen LogP contribution in [0.4, 0.5) is 9.57 Å². The summed E-state index contributed by atoms with van der Waals surface area (Å²) in [6.07, 6.45) is 0. The summed E-state index contributed by atoms with van der Waals surface area (Å²) in [5.74, 6) is 0.218. The molecule has 0 aliphatic rings. The lowest BCUT2D eigenvalue weighted by Gasteiger charge is -2.04. The van der Waals surface area contributed by atoms with E-state index in [4.69, 9.17) is 4.74 Å². The molecule has 14 heavy (non-hydrogen) atoms. The maximum atomic E-state index is 11.8. The van der Waals surface area contributed by atoms with Crippen molar-refractivity contribution in [3.8, 4) is 11.5 Å². The van der Waals surface area contributed by atoms with Crippen molar-refractivity contribution in [3.05, 3.63) is 28.3 Å². The lowest BCUT2D eigenvalue weighted by molar-refractivity contribution is -0.384. The fourth-order valence-corrected chi connectivity index (χ4v) is 1.08. The van der Waals surface area contributed by atoms with Crippen molar-refractivity contribution in [2.24, 2.45) is 0 Å². The van der Waals surface area contributed by atoms with Gasteiger partial charge in [0.1, 0.15) is 0 Å². The fourth-order valence-electron chi connectivity index (χ4n) is 0.873. The molecule has 0 saturated heterocycles. The van der Waals surface area contributed by atoms with Crippen LogP contribution in [0.1, 0.15) is 0 Å². The Morgan fingerprint density at radius 2 is 2.21 bits per heavy atom. The first-order chi connectivity index (χ1) is 6.69. The first-order valence-electron chi connectivity index (χ1n) is 3.46. The normalized spacial score (nSPS) is 9.57. The topological polar surface area (TPSA) is 61.6 Å². The van der Waals surface area contributed by atoms with Gasteiger partial charge in [0.25, 0.3) is 18.1 Å². The van der Waals surface area contributed by atoms with Gasteiger partial charge in [-0.1, -0.05) is 0 Å². The third-order valence-electron chi connectivity index (χ3n) is 1.48. The van der Waals surface area contributed by atoms with Crippen LogP contribution in [-0.4, -0.2) is 12.0 Å². The monoisotopic (exact) mass is 219 g/mol. The van der Waals surface area contributed by atoms with Crippen LogP contribution >= 0.6 is 12.4 Å². The predicted molar refractivity (Wildman–Crippen MR) is 49.0 cm³/mol. The van der Waals surface area contributed by atoms with Gasteiger partial charge in [0.2, 0.25) is 0 Å². The van der Waals surface area contributed by atoms with E-state index in [1.807, 2.05) is 0 Å². The van der Waals surface area contributed by atoms with E-state index in [1.54, 1.807) is 0 Å². The van der Waals surface area contributed by atoms with Crippen molar-refractivity contribution >= 4 is 18.1 Å². The molecule has 0 bridgehead atoms. The number of nitro groups is 1. The van der Waals surface area contributed by atoms with E-state index in [2.05, 4.69) is 4.18 Å². The molecular formula is C7H6FNO4S. The lowest BCUT2D eigenvalue weighted by Crippen LogP contribution is -1.92. The van der Waals surface area contributed by atoms with Crippen LogP contribution in [-0.2, 0) is 0 Å². The summed E-state index contributed by atoms with van der Waals surface area (Å²) in [6, 6.07) is 3.63. The van der Waals surface area contributed by atoms with Crippen LogP contribution < -0.4 is 8.92 Å². The second-order valence-electron chi connectivity index (χ2n) is 2.24. The summed E-state index contributed by atoms with van der Waals surface area (Å²) in [5.41, 5.74) is -0.141. The van der Waals surface area contributed by atoms with Gasteiger partial charge in [-0.05, 0) is 6.07 Å². The molecule has 1 rings (SSSR count). The molecule has 0 radical (unpaired) electrons. The molecule has 0 heterocycles. The summed E-state index contributed by atoms with van der Waals surface area (Å²) >= 11 is -0.351. The smallest absolute Gasteiger partial charge is 0.273 e. The number of non-ortho nitro benzene ring substituents is 1. The molecule has 0 amide bonds. The fraction of sp³-hybridized carbons (Fsp3) is 0.143. The molecule has 1 aromatic carbocycles. The van der Waals surface area contributed by atoms with Crippen molar-refractivity contribution in [1.82, 2.24) is 0 Å².